The van der Waals surface area contributed by atoms with Crippen LogP contribution in [0.25, 0.3) is 0 Å². The Balaban J connectivity index is 2.17. The standard InChI is InChI=1S/C13H25N3/c1-3-5-7-9-11-16-12-13(14-15-16)10-8-6-4-2/h12H,3-11H2,1-2H3. The minimum Gasteiger partial charge on any atom is -0.252 e. The quantitative estimate of drug-likeness (QED) is 0.599. The van der Waals surface area contributed by atoms with E-state index in [0.717, 1.165) is 18.7 Å². The second-order valence-corrected chi connectivity index (χ2v) is 4.49. The molecule has 0 spiro atoms. The van der Waals surface area contributed by atoms with Crippen molar-refractivity contribution in [3.05, 3.63) is 11.9 Å². The van der Waals surface area contributed by atoms with E-state index in [2.05, 4.69) is 30.4 Å². The molecule has 0 saturated heterocycles. The van der Waals surface area contributed by atoms with Crippen LogP contribution in [0.1, 0.15) is 64.5 Å². The van der Waals surface area contributed by atoms with Gasteiger partial charge in [0.15, 0.2) is 0 Å². The fourth-order valence-corrected chi connectivity index (χ4v) is 1.82. The third-order valence-corrected chi connectivity index (χ3v) is 2.86. The zero-order chi connectivity index (χ0) is 11.6. The number of aryl methyl sites for hydroxylation is 2. The first kappa shape index (κ1) is 13.2. The van der Waals surface area contributed by atoms with Crippen LogP contribution in [0.4, 0.5) is 0 Å². The normalized spacial score (nSPS) is 10.9. The Kier molecular flexibility index (Phi) is 6.86. The summed E-state index contributed by atoms with van der Waals surface area (Å²) in [6, 6.07) is 0. The number of hydrogen-bond acceptors (Lipinski definition) is 2. The van der Waals surface area contributed by atoms with E-state index in [4.69, 9.17) is 0 Å². The summed E-state index contributed by atoms with van der Waals surface area (Å²) >= 11 is 0. The maximum absolute atomic E-state index is 4.20. The molecule has 0 unspecified atom stereocenters. The number of nitrogens with zero attached hydrogens (tertiary/aromatic N) is 3. The van der Waals surface area contributed by atoms with Crippen molar-refractivity contribution in [2.24, 2.45) is 0 Å². The van der Waals surface area contributed by atoms with Crippen molar-refractivity contribution in [1.29, 1.82) is 0 Å². The van der Waals surface area contributed by atoms with E-state index < -0.39 is 0 Å². The summed E-state index contributed by atoms with van der Waals surface area (Å²) in [5.74, 6) is 0. The van der Waals surface area contributed by atoms with Gasteiger partial charge in [-0.1, -0.05) is 51.2 Å². The van der Waals surface area contributed by atoms with Crippen molar-refractivity contribution >= 4 is 0 Å². The van der Waals surface area contributed by atoms with Gasteiger partial charge in [-0.3, -0.25) is 4.68 Å². The maximum Gasteiger partial charge on any atom is 0.0827 e. The summed E-state index contributed by atoms with van der Waals surface area (Å²) < 4.78 is 2.00. The Morgan fingerprint density at radius 3 is 2.50 bits per heavy atom. The lowest BCUT2D eigenvalue weighted by Crippen LogP contribution is -1.98. The number of unbranched alkanes of at least 4 members (excludes halogenated alkanes) is 5. The van der Waals surface area contributed by atoms with Gasteiger partial charge in [-0.25, -0.2) is 0 Å². The van der Waals surface area contributed by atoms with Crippen LogP contribution in [0, 0.1) is 0 Å². The van der Waals surface area contributed by atoms with Crippen molar-refractivity contribution < 1.29 is 0 Å². The van der Waals surface area contributed by atoms with Crippen LogP contribution in [-0.4, -0.2) is 15.0 Å². The van der Waals surface area contributed by atoms with E-state index in [1.807, 2.05) is 4.68 Å². The second-order valence-electron chi connectivity index (χ2n) is 4.49. The lowest BCUT2D eigenvalue weighted by molar-refractivity contribution is 0.527. The molecule has 0 fully saturated rings. The number of aromatic nitrogens is 3. The van der Waals surface area contributed by atoms with E-state index >= 15 is 0 Å². The van der Waals surface area contributed by atoms with E-state index in [1.165, 1.54) is 44.9 Å². The van der Waals surface area contributed by atoms with Gasteiger partial charge in [0.2, 0.25) is 0 Å². The average molecular weight is 223 g/mol. The molecule has 0 aliphatic carbocycles. The van der Waals surface area contributed by atoms with Crippen molar-refractivity contribution in [2.75, 3.05) is 0 Å². The first-order valence-electron chi connectivity index (χ1n) is 6.75. The molecule has 0 radical (unpaired) electrons. The van der Waals surface area contributed by atoms with E-state index in [0.29, 0.717) is 0 Å². The molecule has 0 bridgehead atoms. The third kappa shape index (κ3) is 5.29. The zero-order valence-corrected chi connectivity index (χ0v) is 10.8. The van der Waals surface area contributed by atoms with Gasteiger partial charge in [0.25, 0.3) is 0 Å². The Morgan fingerprint density at radius 2 is 1.75 bits per heavy atom. The van der Waals surface area contributed by atoms with Crippen LogP contribution in [-0.2, 0) is 13.0 Å². The highest BCUT2D eigenvalue weighted by Crippen LogP contribution is 2.05. The first-order chi connectivity index (χ1) is 7.86. The minimum absolute atomic E-state index is 1.03. The van der Waals surface area contributed by atoms with Crippen molar-refractivity contribution in [3.8, 4) is 0 Å². The lowest BCUT2D eigenvalue weighted by atomic mass is 10.2. The summed E-state index contributed by atoms with van der Waals surface area (Å²) in [4.78, 5) is 0. The molecule has 0 aliphatic rings. The molecule has 92 valence electrons. The molecule has 0 amide bonds. The average Bonchev–Trinajstić information content (AvgIpc) is 2.73. The van der Waals surface area contributed by atoms with Crippen LogP contribution in [0.3, 0.4) is 0 Å². The molecule has 16 heavy (non-hydrogen) atoms. The monoisotopic (exact) mass is 223 g/mol. The fraction of sp³-hybridized carbons (Fsp3) is 0.846. The minimum atomic E-state index is 1.03. The van der Waals surface area contributed by atoms with Gasteiger partial charge in [0.05, 0.1) is 5.69 Å². The summed E-state index contributed by atoms with van der Waals surface area (Å²) in [7, 11) is 0. The van der Waals surface area contributed by atoms with Gasteiger partial charge in [-0.05, 0) is 19.3 Å². The predicted octanol–water partition coefficient (Wildman–Crippen LogP) is 3.59. The van der Waals surface area contributed by atoms with Gasteiger partial charge < -0.3 is 0 Å². The summed E-state index contributed by atoms with van der Waals surface area (Å²) in [6.07, 6.45) is 12.2. The smallest absolute Gasteiger partial charge is 0.0827 e. The highest BCUT2D eigenvalue weighted by molar-refractivity contribution is 4.91. The van der Waals surface area contributed by atoms with Crippen molar-refractivity contribution in [3.63, 3.8) is 0 Å². The molecule has 0 saturated carbocycles. The fourth-order valence-electron chi connectivity index (χ4n) is 1.82. The van der Waals surface area contributed by atoms with E-state index in [1.54, 1.807) is 0 Å². The van der Waals surface area contributed by atoms with E-state index in [-0.39, 0.29) is 0 Å². The summed E-state index contributed by atoms with van der Waals surface area (Å²) in [5, 5.41) is 8.36. The molecular weight excluding hydrogens is 198 g/mol. The predicted molar refractivity (Wildman–Crippen MR) is 67.4 cm³/mol. The molecule has 3 nitrogen and oxygen atoms in total. The topological polar surface area (TPSA) is 30.7 Å². The molecule has 0 atom stereocenters. The molecule has 1 aromatic rings. The van der Waals surface area contributed by atoms with Gasteiger partial charge in [0.1, 0.15) is 0 Å². The van der Waals surface area contributed by atoms with Crippen LogP contribution in [0.15, 0.2) is 6.20 Å². The van der Waals surface area contributed by atoms with Gasteiger partial charge in [0, 0.05) is 12.7 Å². The SMILES string of the molecule is CCCCCCn1cc(CCCCC)nn1. The van der Waals surface area contributed by atoms with Crippen molar-refractivity contribution in [1.82, 2.24) is 15.0 Å². The molecule has 0 aliphatic heterocycles. The highest BCUT2D eigenvalue weighted by atomic mass is 15.4. The molecule has 0 aromatic carbocycles. The van der Waals surface area contributed by atoms with Gasteiger partial charge in [-0.2, -0.15) is 0 Å². The maximum atomic E-state index is 4.20. The Bertz CT molecular complexity index is 268. The number of hydrogen-bond donors (Lipinski definition) is 0. The molecular formula is C13H25N3. The van der Waals surface area contributed by atoms with Gasteiger partial charge >= 0.3 is 0 Å². The molecule has 1 aromatic heterocycles. The van der Waals surface area contributed by atoms with Crippen LogP contribution in [0.2, 0.25) is 0 Å². The van der Waals surface area contributed by atoms with E-state index in [9.17, 15) is 0 Å². The summed E-state index contributed by atoms with van der Waals surface area (Å²) in [5.41, 5.74) is 1.16. The Morgan fingerprint density at radius 1 is 1.00 bits per heavy atom. The van der Waals surface area contributed by atoms with Crippen LogP contribution >= 0.6 is 0 Å². The summed E-state index contributed by atoms with van der Waals surface area (Å²) in [6.45, 7) is 5.49. The zero-order valence-electron chi connectivity index (χ0n) is 10.8. The first-order valence-corrected chi connectivity index (χ1v) is 6.75. The van der Waals surface area contributed by atoms with Crippen LogP contribution in [0.5, 0.6) is 0 Å². The second kappa shape index (κ2) is 8.31. The lowest BCUT2D eigenvalue weighted by Gasteiger charge is -1.98. The molecule has 1 heterocycles. The third-order valence-electron chi connectivity index (χ3n) is 2.86. The van der Waals surface area contributed by atoms with Crippen LogP contribution < -0.4 is 0 Å². The largest absolute Gasteiger partial charge is 0.252 e. The molecule has 1 rings (SSSR count). The molecule has 3 heteroatoms. The Hall–Kier alpha value is -0.860. The number of rotatable bonds is 9. The van der Waals surface area contributed by atoms with Gasteiger partial charge in [-0.15, -0.1) is 5.10 Å². The Labute approximate surface area is 99.2 Å². The molecule has 0 N–H and O–H groups in total. The van der Waals surface area contributed by atoms with Crippen molar-refractivity contribution in [2.45, 2.75) is 71.8 Å². The highest BCUT2D eigenvalue weighted by Gasteiger charge is 2.00.